The number of nitrogens with zero attached hydrogens (tertiary/aromatic N) is 2. The molecule has 9 aromatic carbocycles. The van der Waals surface area contributed by atoms with Crippen LogP contribution in [-0.2, 0) is 0 Å². The lowest BCUT2D eigenvalue weighted by atomic mass is 9.94. The van der Waals surface area contributed by atoms with E-state index in [0.29, 0.717) is 0 Å². The van der Waals surface area contributed by atoms with E-state index >= 15 is 0 Å². The van der Waals surface area contributed by atoms with Gasteiger partial charge in [-0.25, -0.2) is 0 Å². The van der Waals surface area contributed by atoms with Gasteiger partial charge in [0.25, 0.3) is 0 Å². The Morgan fingerprint density at radius 2 is 0.717 bits per heavy atom. The van der Waals surface area contributed by atoms with E-state index in [1.165, 1.54) is 66.7 Å². The van der Waals surface area contributed by atoms with Gasteiger partial charge in [0.2, 0.25) is 0 Å². The number of para-hydroxylation sites is 1. The Kier molecular flexibility index (Phi) is 10.2. The molecule has 0 aromatic heterocycles. The third kappa shape index (κ3) is 7.55. The Morgan fingerprint density at radius 1 is 0.283 bits per heavy atom. The van der Waals surface area contributed by atoms with Crippen molar-refractivity contribution in [2.24, 2.45) is 0 Å². The number of hydrogen-bond acceptors (Lipinski definition) is 2. The Bertz CT molecular complexity index is 2930. The molecule has 0 fully saturated rings. The van der Waals surface area contributed by atoms with Crippen molar-refractivity contribution in [3.8, 4) is 33.4 Å². The minimum Gasteiger partial charge on any atom is -0.314 e. The molecule has 0 atom stereocenters. The second kappa shape index (κ2) is 16.7. The summed E-state index contributed by atoms with van der Waals surface area (Å²) in [5.74, 6) is 0. The summed E-state index contributed by atoms with van der Waals surface area (Å²) in [6.45, 7) is 0. The maximum atomic E-state index is 2.43. The molecule has 0 bridgehead atoms. The number of allylic oxidation sites excluding steroid dienone is 4. The molecule has 1 aliphatic rings. The monoisotopic (exact) mass is 768 g/mol. The number of rotatable bonds is 10. The van der Waals surface area contributed by atoms with Crippen LogP contribution in [0.5, 0.6) is 0 Å². The predicted octanol–water partition coefficient (Wildman–Crippen LogP) is 16.2. The molecular weight excluding hydrogens is 725 g/mol. The molecule has 2 nitrogen and oxygen atoms in total. The van der Waals surface area contributed by atoms with Crippen molar-refractivity contribution in [1.29, 1.82) is 0 Å². The molecular formula is C58H44N2. The van der Waals surface area contributed by atoms with Gasteiger partial charge < -0.3 is 9.80 Å². The second-order valence-electron chi connectivity index (χ2n) is 15.3. The topological polar surface area (TPSA) is 6.48 Å². The van der Waals surface area contributed by atoms with E-state index < -0.39 is 0 Å². The molecule has 9 aromatic rings. The number of anilines is 5. The summed E-state index contributed by atoms with van der Waals surface area (Å²) in [6, 6.07) is 83.0. The number of benzene rings is 9. The van der Waals surface area contributed by atoms with Crippen molar-refractivity contribution >= 4 is 44.8 Å². The lowest BCUT2D eigenvalue weighted by molar-refractivity contribution is 0.930. The standard InChI is InChI=1S/C58H44N2/c1-4-14-43(15-5-1)45-26-34-53(35-27-45)59(55-38-32-48(33-39-55)51-21-12-20-50(42-51)44-16-6-2-7-17-44)54-36-28-46(29-37-54)47-30-40-56(41-31-47)60(52-22-8-3-9-23-52)58-25-13-19-49-18-10-11-24-57(49)58/h1-28,30-36,38-42H,29,37H2. The highest BCUT2D eigenvalue weighted by Crippen LogP contribution is 2.41. The quantitative estimate of drug-likeness (QED) is 0.137. The van der Waals surface area contributed by atoms with Gasteiger partial charge in [0.05, 0.1) is 5.69 Å². The normalized spacial score (nSPS) is 12.4. The predicted molar refractivity (Wildman–Crippen MR) is 255 cm³/mol. The maximum Gasteiger partial charge on any atom is 0.0540 e. The molecule has 10 rings (SSSR count). The van der Waals surface area contributed by atoms with Crippen molar-refractivity contribution in [3.05, 3.63) is 254 Å². The first kappa shape index (κ1) is 36.6. The zero-order chi connectivity index (χ0) is 40.1. The van der Waals surface area contributed by atoms with Crippen molar-refractivity contribution in [3.63, 3.8) is 0 Å². The van der Waals surface area contributed by atoms with Crippen LogP contribution in [0.15, 0.2) is 248 Å². The van der Waals surface area contributed by atoms with Gasteiger partial charge in [0, 0.05) is 33.8 Å². The average Bonchev–Trinajstić information content (AvgIpc) is 3.34. The molecule has 2 heteroatoms. The maximum absolute atomic E-state index is 2.43. The Hall–Kier alpha value is -7.68. The average molecular weight is 769 g/mol. The van der Waals surface area contributed by atoms with Gasteiger partial charge in [-0.15, -0.1) is 0 Å². The summed E-state index contributed by atoms with van der Waals surface area (Å²) in [6.07, 6.45) is 6.50. The Labute approximate surface area is 353 Å². The van der Waals surface area contributed by atoms with E-state index in [9.17, 15) is 0 Å². The molecule has 0 saturated heterocycles. The van der Waals surface area contributed by atoms with Crippen molar-refractivity contribution in [2.45, 2.75) is 12.8 Å². The minimum atomic E-state index is 0.918. The van der Waals surface area contributed by atoms with Gasteiger partial charge in [-0.1, -0.05) is 176 Å². The lowest BCUT2D eigenvalue weighted by Crippen LogP contribution is -2.17. The molecule has 0 saturated carbocycles. The fourth-order valence-corrected chi connectivity index (χ4v) is 8.51. The van der Waals surface area contributed by atoms with E-state index in [-0.39, 0.29) is 0 Å². The largest absolute Gasteiger partial charge is 0.314 e. The Balaban J connectivity index is 0.969. The summed E-state index contributed by atoms with van der Waals surface area (Å²) in [7, 11) is 0. The SMILES string of the molecule is C1=C(c2ccc(N(c3ccccc3)c3cccc4ccccc34)cc2)CCC(N(c2ccc(-c3ccccc3)cc2)c2ccc(-c3cccc(-c4ccccc4)c3)cc2)=C1. The summed E-state index contributed by atoms with van der Waals surface area (Å²) in [5, 5.41) is 2.46. The van der Waals surface area contributed by atoms with Gasteiger partial charge in [-0.05, 0) is 129 Å². The fraction of sp³-hybridized carbons (Fsp3) is 0.0345. The van der Waals surface area contributed by atoms with Gasteiger partial charge in [-0.3, -0.25) is 0 Å². The molecule has 0 amide bonds. The van der Waals surface area contributed by atoms with E-state index in [1.54, 1.807) is 0 Å². The molecule has 0 N–H and O–H groups in total. The third-order valence-corrected chi connectivity index (χ3v) is 11.6. The van der Waals surface area contributed by atoms with Crippen LogP contribution in [0.4, 0.5) is 28.4 Å². The van der Waals surface area contributed by atoms with Gasteiger partial charge in [0.1, 0.15) is 0 Å². The van der Waals surface area contributed by atoms with Gasteiger partial charge in [-0.2, -0.15) is 0 Å². The van der Waals surface area contributed by atoms with Crippen molar-refractivity contribution in [1.82, 2.24) is 0 Å². The number of hydrogen-bond donors (Lipinski definition) is 0. The van der Waals surface area contributed by atoms with Crippen LogP contribution >= 0.6 is 0 Å². The molecule has 286 valence electrons. The van der Waals surface area contributed by atoms with Crippen molar-refractivity contribution < 1.29 is 0 Å². The van der Waals surface area contributed by atoms with Crippen molar-refractivity contribution in [2.75, 3.05) is 9.80 Å². The van der Waals surface area contributed by atoms with E-state index in [0.717, 1.165) is 35.6 Å². The van der Waals surface area contributed by atoms with Crippen LogP contribution in [0.2, 0.25) is 0 Å². The first-order valence-corrected chi connectivity index (χ1v) is 20.8. The summed E-state index contributed by atoms with van der Waals surface area (Å²) in [5.41, 5.74) is 16.9. The molecule has 0 aliphatic heterocycles. The van der Waals surface area contributed by atoms with Crippen LogP contribution in [0.1, 0.15) is 18.4 Å². The highest BCUT2D eigenvalue weighted by atomic mass is 15.2. The third-order valence-electron chi connectivity index (χ3n) is 11.6. The van der Waals surface area contributed by atoms with Crippen LogP contribution in [0.3, 0.4) is 0 Å². The zero-order valence-electron chi connectivity index (χ0n) is 33.4. The highest BCUT2D eigenvalue weighted by Gasteiger charge is 2.20. The zero-order valence-corrected chi connectivity index (χ0v) is 33.4. The Morgan fingerprint density at radius 3 is 1.32 bits per heavy atom. The first-order chi connectivity index (χ1) is 29.7. The summed E-state index contributed by atoms with van der Waals surface area (Å²) in [4.78, 5) is 4.79. The molecule has 0 spiro atoms. The second-order valence-corrected chi connectivity index (χ2v) is 15.3. The van der Waals surface area contributed by atoms with Crippen LogP contribution in [0, 0.1) is 0 Å². The van der Waals surface area contributed by atoms with E-state index in [1.807, 2.05) is 0 Å². The molecule has 0 heterocycles. The van der Waals surface area contributed by atoms with E-state index in [4.69, 9.17) is 0 Å². The van der Waals surface area contributed by atoms with Crippen LogP contribution in [0.25, 0.3) is 49.7 Å². The number of fused-ring (bicyclic) bond motifs is 1. The fourth-order valence-electron chi connectivity index (χ4n) is 8.51. The van der Waals surface area contributed by atoms with Gasteiger partial charge >= 0.3 is 0 Å². The smallest absolute Gasteiger partial charge is 0.0540 e. The van der Waals surface area contributed by atoms with Crippen LogP contribution in [-0.4, -0.2) is 0 Å². The first-order valence-electron chi connectivity index (χ1n) is 20.8. The molecule has 1 aliphatic carbocycles. The minimum absolute atomic E-state index is 0.918. The van der Waals surface area contributed by atoms with E-state index in [2.05, 4.69) is 252 Å². The lowest BCUT2D eigenvalue weighted by Gasteiger charge is -2.30. The molecule has 60 heavy (non-hydrogen) atoms. The molecule has 0 unspecified atom stereocenters. The summed E-state index contributed by atoms with van der Waals surface area (Å²) < 4.78 is 0. The molecule has 0 radical (unpaired) electrons. The van der Waals surface area contributed by atoms with Crippen LogP contribution < -0.4 is 9.80 Å². The van der Waals surface area contributed by atoms with Gasteiger partial charge in [0.15, 0.2) is 0 Å². The summed E-state index contributed by atoms with van der Waals surface area (Å²) >= 11 is 0. The highest BCUT2D eigenvalue weighted by molar-refractivity contribution is 5.99.